The second-order valence-corrected chi connectivity index (χ2v) is 5.84. The summed E-state index contributed by atoms with van der Waals surface area (Å²) in [4.78, 5) is 4.29. The molecule has 0 aliphatic carbocycles. The molecule has 1 heterocycles. The average molecular weight is 485 g/mol. The van der Waals surface area contributed by atoms with Crippen LogP contribution in [0.4, 0.5) is 0 Å². The zero-order valence-corrected chi connectivity index (χ0v) is 17.7. The van der Waals surface area contributed by atoms with E-state index in [1.807, 2.05) is 68.5 Å². The zero-order chi connectivity index (χ0) is 19.2. The molecule has 0 fully saturated rings. The molecule has 0 unspecified atom stereocenters. The number of hydrogen-bond donors (Lipinski definition) is 1. The number of aryl methyl sites for hydroxylation is 1. The number of oxazole rings is 1. The molecule has 3 rings (SSSR count). The first kappa shape index (κ1) is 25.8. The van der Waals surface area contributed by atoms with Crippen molar-refractivity contribution < 1.29 is 56.1 Å². The summed E-state index contributed by atoms with van der Waals surface area (Å²) >= 11 is 2.26. The number of phenolic OH excluding ortho intramolecular Hbond substituents is 1. The Hall–Kier alpha value is -1.24. The van der Waals surface area contributed by atoms with Crippen LogP contribution in [-0.2, 0) is 7.31 Å². The van der Waals surface area contributed by atoms with E-state index in [4.69, 9.17) is 9.52 Å². The number of benzene rings is 2. The Morgan fingerprint density at radius 3 is 2.26 bits per heavy atom. The fourth-order valence-electron chi connectivity index (χ4n) is 1.93. The van der Waals surface area contributed by atoms with Gasteiger partial charge in [0.25, 0.3) is 0 Å². The summed E-state index contributed by atoms with van der Waals surface area (Å²) in [6.45, 7) is 6.06. The van der Waals surface area contributed by atoms with E-state index in [9.17, 15) is 0 Å². The molecule has 0 radical (unpaired) electrons. The minimum atomic E-state index is 0. The van der Waals surface area contributed by atoms with Crippen molar-refractivity contribution in [2.75, 3.05) is 0 Å². The van der Waals surface area contributed by atoms with Crippen molar-refractivity contribution in [3.05, 3.63) is 83.6 Å². The number of aromatic nitrogens is 1. The molecule has 27 heavy (non-hydrogen) atoms. The Labute approximate surface area is 196 Å². The molecule has 0 atom stereocenters. The van der Waals surface area contributed by atoms with Crippen molar-refractivity contribution in [3.63, 3.8) is 0 Å². The molecular weight excluding hydrogens is 454 g/mol. The van der Waals surface area contributed by atoms with Crippen LogP contribution in [0.2, 0.25) is 0 Å². The number of aromatic hydroxyl groups is 1. The van der Waals surface area contributed by atoms with Crippen LogP contribution < -0.4 is 0 Å². The molecule has 2 aromatic carbocycles. The zero-order valence-electron chi connectivity index (χ0n) is 15.5. The van der Waals surface area contributed by atoms with Crippen LogP contribution in [-0.4, -0.2) is 10.1 Å². The average Bonchev–Trinajstić information content (AvgIpc) is 3.17. The standard InChI is InChI=1S/C13H13NO.C7H8OXe.C2H6.CH4/c1-2-12-10-15-13(14-12)9-8-11-6-4-3-5-7-11;8-7-3-1-2-6(4-7)5-9;1-2;/h3-10H,2H2,1H3;1-4,8-9H,5H2;1-2H3;1H4. The summed E-state index contributed by atoms with van der Waals surface area (Å²) < 4.78 is 6.23. The molecule has 0 saturated carbocycles. The molecular formula is C23H31NO2Xe. The molecule has 3 nitrogen and oxygen atoms in total. The van der Waals surface area contributed by atoms with Crippen LogP contribution in [0, 0.1) is 46.5 Å². The van der Waals surface area contributed by atoms with Crippen molar-refractivity contribution >= 4 is 12.2 Å². The third-order valence-corrected chi connectivity index (χ3v) is 4.10. The molecule has 0 bridgehead atoms. The normalized spacial score (nSPS) is 9.52. The van der Waals surface area contributed by atoms with Gasteiger partial charge in [0.2, 0.25) is 5.89 Å². The van der Waals surface area contributed by atoms with E-state index in [0.717, 1.165) is 24.1 Å². The Morgan fingerprint density at radius 1 is 1.04 bits per heavy atom. The van der Waals surface area contributed by atoms with E-state index in [2.05, 4.69) is 58.4 Å². The van der Waals surface area contributed by atoms with E-state index >= 15 is 0 Å². The van der Waals surface area contributed by atoms with Crippen LogP contribution in [0.5, 0.6) is 5.75 Å². The van der Waals surface area contributed by atoms with Gasteiger partial charge in [0.15, 0.2) is 0 Å². The first-order valence-electron chi connectivity index (χ1n) is 8.72. The molecule has 0 aliphatic rings. The van der Waals surface area contributed by atoms with Crippen molar-refractivity contribution in [2.24, 2.45) is 0 Å². The topological polar surface area (TPSA) is 46.3 Å². The van der Waals surface area contributed by atoms with Crippen LogP contribution in [0.1, 0.15) is 50.9 Å². The van der Waals surface area contributed by atoms with Crippen LogP contribution in [0.3, 0.4) is 0 Å². The van der Waals surface area contributed by atoms with Gasteiger partial charge in [-0.25, -0.2) is 4.98 Å². The maximum absolute atomic E-state index is 8.94. The van der Waals surface area contributed by atoms with Gasteiger partial charge in [0, 0.05) is 6.08 Å². The molecule has 3 aromatic rings. The number of phenols is 1. The second-order valence-electron chi connectivity index (χ2n) is 5.08. The summed E-state index contributed by atoms with van der Waals surface area (Å²) in [5, 5.41) is 8.94. The number of nitrogens with zero attached hydrogens (tertiary/aromatic N) is 1. The second kappa shape index (κ2) is 15.8. The van der Waals surface area contributed by atoms with Crippen molar-refractivity contribution in [3.8, 4) is 5.75 Å². The molecule has 1 N–H and O–H groups in total. The number of hydrogen-bond acceptors (Lipinski definition) is 3. The third kappa shape index (κ3) is 10.6. The van der Waals surface area contributed by atoms with Crippen LogP contribution >= 0.6 is 0 Å². The predicted octanol–water partition coefficient (Wildman–Crippen LogP) is 6.24. The summed E-state index contributed by atoms with van der Waals surface area (Å²) in [5.41, 5.74) is 3.30. The SMILES string of the molecule is C.CC.CCc1coc(C=Cc2ccccc2)n1.Oc1cccc(C[XeH])c1. The Kier molecular flexibility index (Phi) is 15.1. The fourth-order valence-corrected chi connectivity index (χ4v) is 2.41. The Morgan fingerprint density at radius 2 is 1.74 bits per heavy atom. The van der Waals surface area contributed by atoms with Gasteiger partial charge in [-0.3, -0.25) is 0 Å². The van der Waals surface area contributed by atoms with Crippen LogP contribution in [0.15, 0.2) is 65.3 Å². The summed E-state index contributed by atoms with van der Waals surface area (Å²) in [6.07, 6.45) is 6.48. The minimum absolute atomic E-state index is 0. The first-order chi connectivity index (χ1) is 12.7. The molecule has 0 aliphatic heterocycles. The third-order valence-electron chi connectivity index (χ3n) is 3.21. The molecule has 148 valence electrons. The molecule has 0 spiro atoms. The predicted molar refractivity (Wildman–Crippen MR) is 113 cm³/mol. The van der Waals surface area contributed by atoms with E-state index < -0.39 is 0 Å². The summed E-state index contributed by atoms with van der Waals surface area (Å²) in [6, 6.07) is 17.4. The first-order valence-corrected chi connectivity index (χ1v) is 10.2. The van der Waals surface area contributed by atoms with Crippen molar-refractivity contribution in [1.82, 2.24) is 4.98 Å². The van der Waals surface area contributed by atoms with Crippen LogP contribution in [0.25, 0.3) is 12.2 Å². The van der Waals surface area contributed by atoms with Gasteiger partial charge in [-0.15, -0.1) is 0 Å². The molecule has 0 saturated heterocycles. The van der Waals surface area contributed by atoms with Gasteiger partial charge in [-0.1, -0.05) is 58.5 Å². The maximum atomic E-state index is 8.94. The molecule has 0 amide bonds. The van der Waals surface area contributed by atoms with Gasteiger partial charge in [0.05, 0.1) is 5.69 Å². The molecule has 1 aromatic heterocycles. The molecule has 4 heteroatoms. The van der Waals surface area contributed by atoms with Gasteiger partial charge >= 0.3 is 88.1 Å². The van der Waals surface area contributed by atoms with Crippen molar-refractivity contribution in [2.45, 2.75) is 35.5 Å². The number of rotatable bonds is 4. The fraction of sp³-hybridized carbons (Fsp3) is 0.261. The van der Waals surface area contributed by atoms with E-state index in [1.54, 1.807) is 18.4 Å². The Bertz CT molecular complexity index is 767. The van der Waals surface area contributed by atoms with E-state index in [1.165, 1.54) is 0 Å². The summed E-state index contributed by atoms with van der Waals surface area (Å²) in [7, 11) is 0. The van der Waals surface area contributed by atoms with Crippen molar-refractivity contribution in [1.29, 1.82) is 0 Å². The van der Waals surface area contributed by atoms with Gasteiger partial charge in [0.1, 0.15) is 6.26 Å². The van der Waals surface area contributed by atoms with Gasteiger partial charge in [-0.05, 0) is 18.1 Å². The Balaban J connectivity index is 0.000000487. The van der Waals surface area contributed by atoms with E-state index in [-0.39, 0.29) is 7.43 Å². The van der Waals surface area contributed by atoms with Gasteiger partial charge in [-0.2, -0.15) is 0 Å². The van der Waals surface area contributed by atoms with Gasteiger partial charge < -0.3 is 4.42 Å². The monoisotopic (exact) mass is 485 g/mol. The quantitative estimate of drug-likeness (QED) is 0.476. The summed E-state index contributed by atoms with van der Waals surface area (Å²) in [5.74, 6) is 1.01. The van der Waals surface area contributed by atoms with E-state index in [0.29, 0.717) is 11.6 Å².